The molecule has 0 saturated carbocycles. The number of nitrogens with zero attached hydrogens (tertiary/aromatic N) is 3. The van der Waals surface area contributed by atoms with Crippen LogP contribution in [0.4, 0.5) is 16.4 Å². The Morgan fingerprint density at radius 1 is 1.19 bits per heavy atom. The van der Waals surface area contributed by atoms with Gasteiger partial charge < -0.3 is 9.64 Å². The van der Waals surface area contributed by atoms with E-state index < -0.39 is 6.09 Å². The Balaban J connectivity index is 1.72. The first kappa shape index (κ1) is 13.4. The van der Waals surface area contributed by atoms with Crippen LogP contribution in [0.2, 0.25) is 0 Å². The predicted molar refractivity (Wildman–Crippen MR) is 79.3 cm³/mol. The van der Waals surface area contributed by atoms with Crippen LogP contribution < -0.4 is 10.2 Å². The molecule has 0 saturated heterocycles. The topological polar surface area (TPSA) is 67.3 Å². The number of aromatic nitrogens is 2. The van der Waals surface area contributed by atoms with E-state index in [-0.39, 0.29) is 0 Å². The highest BCUT2D eigenvalue weighted by Gasteiger charge is 2.17. The molecular formula is C15H16N4O2. The summed E-state index contributed by atoms with van der Waals surface area (Å²) in [6, 6.07) is 12.0. The van der Waals surface area contributed by atoms with Crippen LogP contribution in [0, 0.1) is 0 Å². The Morgan fingerprint density at radius 3 is 2.71 bits per heavy atom. The van der Waals surface area contributed by atoms with Crippen LogP contribution in [0.15, 0.2) is 36.4 Å². The van der Waals surface area contributed by atoms with Crippen molar-refractivity contribution < 1.29 is 9.53 Å². The first-order valence-corrected chi connectivity index (χ1v) is 6.76. The summed E-state index contributed by atoms with van der Waals surface area (Å²) in [7, 11) is 1.31. The van der Waals surface area contributed by atoms with E-state index in [1.54, 1.807) is 6.07 Å². The number of benzene rings is 1. The van der Waals surface area contributed by atoms with E-state index in [1.165, 1.54) is 18.2 Å². The summed E-state index contributed by atoms with van der Waals surface area (Å²) in [6.45, 7) is 1.74. The maximum absolute atomic E-state index is 11.1. The van der Waals surface area contributed by atoms with Crippen molar-refractivity contribution in [2.75, 3.05) is 23.9 Å². The van der Waals surface area contributed by atoms with Gasteiger partial charge in [0.25, 0.3) is 0 Å². The highest BCUT2D eigenvalue weighted by atomic mass is 16.5. The fourth-order valence-corrected chi connectivity index (χ4v) is 2.41. The van der Waals surface area contributed by atoms with Crippen molar-refractivity contribution in [2.45, 2.75) is 13.0 Å². The standard InChI is InChI=1S/C15H16N4O2/c1-21-15(20)16-13-6-7-14(18-17-13)19-9-8-11-4-2-3-5-12(11)10-19/h2-7H,8-10H2,1H3,(H,16,17,20). The van der Waals surface area contributed by atoms with Gasteiger partial charge in [-0.1, -0.05) is 24.3 Å². The van der Waals surface area contributed by atoms with Crippen LogP contribution in [0.5, 0.6) is 0 Å². The minimum Gasteiger partial charge on any atom is -0.453 e. The van der Waals surface area contributed by atoms with Gasteiger partial charge in [-0.3, -0.25) is 5.32 Å². The number of rotatable bonds is 2. The van der Waals surface area contributed by atoms with E-state index in [0.29, 0.717) is 5.82 Å². The van der Waals surface area contributed by atoms with Gasteiger partial charge in [0.1, 0.15) is 0 Å². The summed E-state index contributed by atoms with van der Waals surface area (Å²) in [5, 5.41) is 10.6. The van der Waals surface area contributed by atoms with Crippen LogP contribution in [-0.4, -0.2) is 29.9 Å². The van der Waals surface area contributed by atoms with Crippen LogP contribution in [0.25, 0.3) is 0 Å². The molecule has 1 amide bonds. The van der Waals surface area contributed by atoms with Crippen molar-refractivity contribution in [3.8, 4) is 0 Å². The number of hydrogen-bond acceptors (Lipinski definition) is 5. The van der Waals surface area contributed by atoms with Gasteiger partial charge in [-0.2, -0.15) is 0 Å². The molecule has 6 heteroatoms. The fraction of sp³-hybridized carbons (Fsp3) is 0.267. The van der Waals surface area contributed by atoms with E-state index in [9.17, 15) is 4.79 Å². The molecule has 0 aliphatic carbocycles. The van der Waals surface area contributed by atoms with Crippen LogP contribution in [-0.2, 0) is 17.7 Å². The largest absolute Gasteiger partial charge is 0.453 e. The molecule has 21 heavy (non-hydrogen) atoms. The highest BCUT2D eigenvalue weighted by Crippen LogP contribution is 2.22. The first-order chi connectivity index (χ1) is 10.3. The average Bonchev–Trinajstić information content (AvgIpc) is 2.55. The molecule has 0 bridgehead atoms. The SMILES string of the molecule is COC(=O)Nc1ccc(N2CCc3ccccc3C2)nn1. The molecule has 2 aromatic rings. The number of nitrogens with one attached hydrogen (secondary N) is 1. The lowest BCUT2D eigenvalue weighted by atomic mass is 10.00. The molecule has 3 rings (SSSR count). The van der Waals surface area contributed by atoms with Crippen molar-refractivity contribution in [2.24, 2.45) is 0 Å². The van der Waals surface area contributed by atoms with Gasteiger partial charge in [0.15, 0.2) is 11.6 Å². The monoisotopic (exact) mass is 284 g/mol. The van der Waals surface area contributed by atoms with E-state index in [2.05, 4.69) is 49.4 Å². The second kappa shape index (κ2) is 5.78. The molecular weight excluding hydrogens is 268 g/mol. The number of carbonyl (C=O) groups is 1. The summed E-state index contributed by atoms with van der Waals surface area (Å²) < 4.78 is 4.51. The molecule has 1 N–H and O–H groups in total. The van der Waals surface area contributed by atoms with Crippen LogP contribution >= 0.6 is 0 Å². The van der Waals surface area contributed by atoms with E-state index >= 15 is 0 Å². The van der Waals surface area contributed by atoms with Gasteiger partial charge in [0, 0.05) is 13.1 Å². The molecule has 1 aliphatic rings. The molecule has 1 aromatic heterocycles. The molecule has 6 nitrogen and oxygen atoms in total. The lowest BCUT2D eigenvalue weighted by molar-refractivity contribution is 0.187. The van der Waals surface area contributed by atoms with Crippen LogP contribution in [0.1, 0.15) is 11.1 Å². The number of anilines is 2. The number of hydrogen-bond donors (Lipinski definition) is 1. The highest BCUT2D eigenvalue weighted by molar-refractivity contribution is 5.83. The lowest BCUT2D eigenvalue weighted by Gasteiger charge is -2.29. The molecule has 0 spiro atoms. The van der Waals surface area contributed by atoms with Gasteiger partial charge >= 0.3 is 6.09 Å². The molecule has 0 fully saturated rings. The average molecular weight is 284 g/mol. The van der Waals surface area contributed by atoms with Crippen molar-refractivity contribution in [1.29, 1.82) is 0 Å². The zero-order valence-corrected chi connectivity index (χ0v) is 11.7. The van der Waals surface area contributed by atoms with E-state index in [1.807, 2.05) is 6.07 Å². The number of methoxy groups -OCH3 is 1. The lowest BCUT2D eigenvalue weighted by Crippen LogP contribution is -2.31. The van der Waals surface area contributed by atoms with Gasteiger partial charge in [-0.25, -0.2) is 4.79 Å². The van der Waals surface area contributed by atoms with Crippen LogP contribution in [0.3, 0.4) is 0 Å². The van der Waals surface area contributed by atoms with Crippen molar-refractivity contribution in [1.82, 2.24) is 10.2 Å². The van der Waals surface area contributed by atoms with Gasteiger partial charge in [0.2, 0.25) is 0 Å². The molecule has 1 aliphatic heterocycles. The third kappa shape index (κ3) is 2.94. The Kier molecular flexibility index (Phi) is 3.68. The second-order valence-electron chi connectivity index (χ2n) is 4.83. The second-order valence-corrected chi connectivity index (χ2v) is 4.83. The Labute approximate surface area is 122 Å². The molecule has 1 aromatic carbocycles. The summed E-state index contributed by atoms with van der Waals surface area (Å²) >= 11 is 0. The summed E-state index contributed by atoms with van der Waals surface area (Å²) in [5.74, 6) is 1.18. The predicted octanol–water partition coefficient (Wildman–Crippen LogP) is 2.22. The normalized spacial score (nSPS) is 13.5. The third-order valence-corrected chi connectivity index (χ3v) is 3.52. The van der Waals surface area contributed by atoms with E-state index in [4.69, 9.17) is 0 Å². The maximum Gasteiger partial charge on any atom is 0.412 e. The van der Waals surface area contributed by atoms with E-state index in [0.717, 1.165) is 25.3 Å². The zero-order chi connectivity index (χ0) is 14.7. The molecule has 2 heterocycles. The van der Waals surface area contributed by atoms with Crippen molar-refractivity contribution in [3.63, 3.8) is 0 Å². The molecule has 108 valence electrons. The Bertz CT molecular complexity index is 642. The maximum atomic E-state index is 11.1. The molecule has 0 unspecified atom stereocenters. The summed E-state index contributed by atoms with van der Waals surface area (Å²) in [4.78, 5) is 13.3. The first-order valence-electron chi connectivity index (χ1n) is 6.76. The van der Waals surface area contributed by atoms with Crippen molar-refractivity contribution in [3.05, 3.63) is 47.5 Å². The smallest absolute Gasteiger partial charge is 0.412 e. The number of amides is 1. The summed E-state index contributed by atoms with van der Waals surface area (Å²) in [5.41, 5.74) is 2.72. The fourth-order valence-electron chi connectivity index (χ4n) is 2.41. The number of carbonyl (C=O) groups excluding carboxylic acids is 1. The quantitative estimate of drug-likeness (QED) is 0.916. The van der Waals surface area contributed by atoms with Crippen molar-refractivity contribution >= 4 is 17.7 Å². The molecule has 0 atom stereocenters. The third-order valence-electron chi connectivity index (χ3n) is 3.52. The van der Waals surface area contributed by atoms with Gasteiger partial charge in [0.05, 0.1) is 7.11 Å². The molecule has 0 radical (unpaired) electrons. The van der Waals surface area contributed by atoms with Gasteiger partial charge in [-0.15, -0.1) is 10.2 Å². The summed E-state index contributed by atoms with van der Waals surface area (Å²) in [6.07, 6.45) is 0.448. The number of fused-ring (bicyclic) bond motifs is 1. The minimum absolute atomic E-state index is 0.378. The number of ether oxygens (including phenoxy) is 1. The Morgan fingerprint density at radius 2 is 2.00 bits per heavy atom. The van der Waals surface area contributed by atoms with Gasteiger partial charge in [-0.05, 0) is 29.7 Å². The Hall–Kier alpha value is -2.63. The zero-order valence-electron chi connectivity index (χ0n) is 11.7. The minimum atomic E-state index is -0.552.